The number of carbonyl (C=O) groups excluding carboxylic acids is 1. The van der Waals surface area contributed by atoms with Crippen molar-refractivity contribution in [3.8, 4) is 11.5 Å². The van der Waals surface area contributed by atoms with Crippen molar-refractivity contribution in [2.24, 2.45) is 0 Å². The Kier molecular flexibility index (Phi) is 4.35. The smallest absolute Gasteiger partial charge is 0.265 e. The molecule has 1 amide bonds. The first kappa shape index (κ1) is 16.0. The molecule has 0 saturated heterocycles. The summed E-state index contributed by atoms with van der Waals surface area (Å²) in [6, 6.07) is 14.0. The van der Waals surface area contributed by atoms with E-state index in [-0.39, 0.29) is 18.6 Å². The molecule has 2 aromatic rings. The van der Waals surface area contributed by atoms with Crippen LogP contribution in [0.25, 0.3) is 0 Å². The Morgan fingerprint density at radius 2 is 1.84 bits per heavy atom. The van der Waals surface area contributed by atoms with Crippen LogP contribution in [0.2, 0.25) is 0 Å². The molecule has 1 aliphatic heterocycles. The first-order valence-corrected chi connectivity index (χ1v) is 9.01. The van der Waals surface area contributed by atoms with Crippen molar-refractivity contribution in [2.45, 2.75) is 44.8 Å². The van der Waals surface area contributed by atoms with E-state index >= 15 is 0 Å². The molecule has 0 spiro atoms. The van der Waals surface area contributed by atoms with E-state index in [2.05, 4.69) is 23.5 Å². The molecule has 4 heteroatoms. The largest absolute Gasteiger partial charge is 0.485 e. The van der Waals surface area contributed by atoms with Crippen LogP contribution in [0, 0.1) is 0 Å². The third kappa shape index (κ3) is 3.34. The monoisotopic (exact) mass is 337 g/mol. The van der Waals surface area contributed by atoms with Crippen LogP contribution in [0.15, 0.2) is 42.5 Å². The van der Waals surface area contributed by atoms with Gasteiger partial charge in [0.25, 0.3) is 5.91 Å². The van der Waals surface area contributed by atoms with Gasteiger partial charge in [0.1, 0.15) is 6.61 Å². The molecule has 2 aromatic carbocycles. The summed E-state index contributed by atoms with van der Waals surface area (Å²) in [4.78, 5) is 12.6. The van der Waals surface area contributed by atoms with Gasteiger partial charge in [-0.3, -0.25) is 4.79 Å². The summed E-state index contributed by atoms with van der Waals surface area (Å²) in [6.45, 7) is 2.25. The van der Waals surface area contributed by atoms with Gasteiger partial charge in [-0.15, -0.1) is 0 Å². The normalized spacial score (nSPS) is 19.6. The molecule has 2 unspecified atom stereocenters. The molecule has 0 saturated carbocycles. The van der Waals surface area contributed by atoms with Gasteiger partial charge in [0, 0.05) is 0 Å². The maximum atomic E-state index is 12.6. The third-order valence-corrected chi connectivity index (χ3v) is 5.03. The van der Waals surface area contributed by atoms with Crippen LogP contribution in [-0.2, 0) is 17.6 Å². The maximum Gasteiger partial charge on any atom is 0.265 e. The number of ether oxygens (including phenoxy) is 2. The molecule has 2 atom stereocenters. The number of amides is 1. The highest BCUT2D eigenvalue weighted by Crippen LogP contribution is 2.31. The average molecular weight is 337 g/mol. The van der Waals surface area contributed by atoms with Gasteiger partial charge in [-0.05, 0) is 61.4 Å². The highest BCUT2D eigenvalue weighted by molar-refractivity contribution is 5.82. The van der Waals surface area contributed by atoms with Crippen molar-refractivity contribution in [1.29, 1.82) is 0 Å². The SMILES string of the molecule is CC(NC(=O)C1COc2ccccc2O1)c1ccc2c(c1)CCCC2. The molecule has 1 aliphatic carbocycles. The van der Waals surface area contributed by atoms with E-state index in [1.807, 2.05) is 31.2 Å². The first-order chi connectivity index (χ1) is 12.2. The Morgan fingerprint density at radius 3 is 2.68 bits per heavy atom. The lowest BCUT2D eigenvalue weighted by Gasteiger charge is -2.27. The second kappa shape index (κ2) is 6.79. The minimum atomic E-state index is -0.616. The fourth-order valence-electron chi connectivity index (χ4n) is 3.56. The van der Waals surface area contributed by atoms with E-state index in [9.17, 15) is 4.79 Å². The quantitative estimate of drug-likeness (QED) is 0.931. The van der Waals surface area contributed by atoms with Crippen molar-refractivity contribution in [2.75, 3.05) is 6.61 Å². The number of aryl methyl sites for hydroxylation is 2. The van der Waals surface area contributed by atoms with Gasteiger partial charge in [0.15, 0.2) is 11.5 Å². The average Bonchev–Trinajstić information content (AvgIpc) is 2.67. The summed E-state index contributed by atoms with van der Waals surface area (Å²) in [5, 5.41) is 3.06. The zero-order valence-electron chi connectivity index (χ0n) is 14.5. The second-order valence-corrected chi connectivity index (χ2v) is 6.83. The van der Waals surface area contributed by atoms with Gasteiger partial charge in [0.2, 0.25) is 6.10 Å². The standard InChI is InChI=1S/C21H23NO3/c1-14(16-11-10-15-6-2-3-7-17(15)12-16)22-21(23)20-13-24-18-8-4-5-9-19(18)25-20/h4-5,8-12,14,20H,2-3,6-7,13H2,1H3,(H,22,23). The summed E-state index contributed by atoms with van der Waals surface area (Å²) in [6.07, 6.45) is 4.22. The summed E-state index contributed by atoms with van der Waals surface area (Å²) in [5.74, 6) is 1.17. The second-order valence-electron chi connectivity index (χ2n) is 6.83. The van der Waals surface area contributed by atoms with Gasteiger partial charge < -0.3 is 14.8 Å². The van der Waals surface area contributed by atoms with Gasteiger partial charge in [0.05, 0.1) is 6.04 Å². The minimum absolute atomic E-state index is 0.0551. The molecule has 1 N–H and O–H groups in total. The highest BCUT2D eigenvalue weighted by Gasteiger charge is 2.28. The van der Waals surface area contributed by atoms with E-state index in [1.165, 1.54) is 30.4 Å². The zero-order valence-corrected chi connectivity index (χ0v) is 14.5. The fourth-order valence-corrected chi connectivity index (χ4v) is 3.56. The van der Waals surface area contributed by atoms with Crippen molar-refractivity contribution in [1.82, 2.24) is 5.32 Å². The zero-order chi connectivity index (χ0) is 17.2. The van der Waals surface area contributed by atoms with E-state index in [0.29, 0.717) is 11.5 Å². The summed E-state index contributed by atoms with van der Waals surface area (Å²) in [7, 11) is 0. The van der Waals surface area contributed by atoms with Crippen molar-refractivity contribution < 1.29 is 14.3 Å². The predicted molar refractivity (Wildman–Crippen MR) is 96.0 cm³/mol. The number of carbonyl (C=O) groups is 1. The predicted octanol–water partition coefficient (Wildman–Crippen LogP) is 3.58. The van der Waals surface area contributed by atoms with Crippen LogP contribution < -0.4 is 14.8 Å². The molecular weight excluding hydrogens is 314 g/mol. The van der Waals surface area contributed by atoms with Gasteiger partial charge >= 0.3 is 0 Å². The Hall–Kier alpha value is -2.49. The van der Waals surface area contributed by atoms with Gasteiger partial charge in [-0.25, -0.2) is 0 Å². The molecule has 0 aromatic heterocycles. The Balaban J connectivity index is 1.42. The lowest BCUT2D eigenvalue weighted by Crippen LogP contribution is -2.44. The van der Waals surface area contributed by atoms with Crippen LogP contribution in [-0.4, -0.2) is 18.6 Å². The van der Waals surface area contributed by atoms with E-state index in [0.717, 1.165) is 12.0 Å². The number of para-hydroxylation sites is 2. The number of hydrogen-bond donors (Lipinski definition) is 1. The van der Waals surface area contributed by atoms with Crippen molar-refractivity contribution in [3.05, 3.63) is 59.2 Å². The number of rotatable bonds is 3. The van der Waals surface area contributed by atoms with Crippen LogP contribution >= 0.6 is 0 Å². The van der Waals surface area contributed by atoms with E-state index in [1.54, 1.807) is 0 Å². The number of benzene rings is 2. The molecule has 0 fully saturated rings. The molecule has 0 radical (unpaired) electrons. The highest BCUT2D eigenvalue weighted by atomic mass is 16.6. The topological polar surface area (TPSA) is 47.6 Å². The van der Waals surface area contributed by atoms with E-state index < -0.39 is 6.10 Å². The number of nitrogens with one attached hydrogen (secondary N) is 1. The Labute approximate surface area is 148 Å². The fraction of sp³-hybridized carbons (Fsp3) is 0.381. The molecule has 4 nitrogen and oxygen atoms in total. The number of hydrogen-bond acceptors (Lipinski definition) is 3. The lowest BCUT2D eigenvalue weighted by atomic mass is 9.89. The third-order valence-electron chi connectivity index (χ3n) is 5.03. The lowest BCUT2D eigenvalue weighted by molar-refractivity contribution is -0.131. The molecule has 25 heavy (non-hydrogen) atoms. The van der Waals surface area contributed by atoms with Crippen LogP contribution in [0.5, 0.6) is 11.5 Å². The molecule has 130 valence electrons. The maximum absolute atomic E-state index is 12.6. The van der Waals surface area contributed by atoms with Gasteiger partial charge in [-0.1, -0.05) is 30.3 Å². The Morgan fingerprint density at radius 1 is 1.08 bits per heavy atom. The summed E-state index contributed by atoms with van der Waals surface area (Å²) >= 11 is 0. The molecule has 0 bridgehead atoms. The van der Waals surface area contributed by atoms with Crippen molar-refractivity contribution >= 4 is 5.91 Å². The van der Waals surface area contributed by atoms with Gasteiger partial charge in [-0.2, -0.15) is 0 Å². The summed E-state index contributed by atoms with van der Waals surface area (Å²) < 4.78 is 11.4. The van der Waals surface area contributed by atoms with Crippen LogP contribution in [0.1, 0.15) is 42.5 Å². The van der Waals surface area contributed by atoms with E-state index in [4.69, 9.17) is 9.47 Å². The first-order valence-electron chi connectivity index (χ1n) is 9.01. The Bertz CT molecular complexity index is 786. The van der Waals surface area contributed by atoms with Crippen LogP contribution in [0.3, 0.4) is 0 Å². The van der Waals surface area contributed by atoms with Crippen LogP contribution in [0.4, 0.5) is 0 Å². The molecular formula is C21H23NO3. The molecule has 4 rings (SSSR count). The van der Waals surface area contributed by atoms with Crippen molar-refractivity contribution in [3.63, 3.8) is 0 Å². The summed E-state index contributed by atoms with van der Waals surface area (Å²) in [5.41, 5.74) is 4.02. The molecule has 1 heterocycles. The minimum Gasteiger partial charge on any atom is -0.485 e. The number of fused-ring (bicyclic) bond motifs is 2. The molecule has 2 aliphatic rings.